The summed E-state index contributed by atoms with van der Waals surface area (Å²) in [6.07, 6.45) is 1.93. The number of thiazole rings is 1. The van der Waals surface area contributed by atoms with Gasteiger partial charge in [0.1, 0.15) is 5.00 Å². The highest BCUT2D eigenvalue weighted by Crippen LogP contribution is 2.33. The third-order valence-corrected chi connectivity index (χ3v) is 4.24. The number of anilines is 2. The van der Waals surface area contributed by atoms with Gasteiger partial charge in [-0.2, -0.15) is 0 Å². The van der Waals surface area contributed by atoms with Gasteiger partial charge in [-0.1, -0.05) is 41.3 Å². The molecule has 0 atom stereocenters. The smallest absolute Gasteiger partial charge is 0.360 e. The fourth-order valence-electron chi connectivity index (χ4n) is 1.46. The number of rotatable bonds is 5. The van der Waals surface area contributed by atoms with E-state index in [1.54, 1.807) is 6.92 Å². The third kappa shape index (κ3) is 3.48. The van der Waals surface area contributed by atoms with E-state index in [1.165, 1.54) is 23.1 Å². The first-order chi connectivity index (χ1) is 9.24. The zero-order valence-electron chi connectivity index (χ0n) is 10.7. The maximum Gasteiger partial charge on any atom is 0.360 e. The van der Waals surface area contributed by atoms with Crippen molar-refractivity contribution < 1.29 is 9.53 Å². The van der Waals surface area contributed by atoms with E-state index in [0.29, 0.717) is 17.3 Å². The predicted molar refractivity (Wildman–Crippen MR) is 79.6 cm³/mol. The SMILES string of the molecule is CCOC(=O)c1nc(SC)sc1Nc1ccccc1. The van der Waals surface area contributed by atoms with Gasteiger partial charge in [-0.25, -0.2) is 9.78 Å². The van der Waals surface area contributed by atoms with Gasteiger partial charge in [-0.05, 0) is 25.3 Å². The first kappa shape index (κ1) is 13.9. The molecule has 1 aromatic heterocycles. The number of hydrogen-bond acceptors (Lipinski definition) is 6. The quantitative estimate of drug-likeness (QED) is 0.671. The predicted octanol–water partition coefficient (Wildman–Crippen LogP) is 3.79. The van der Waals surface area contributed by atoms with Crippen molar-refractivity contribution in [3.63, 3.8) is 0 Å². The average Bonchev–Trinajstić information content (AvgIpc) is 2.83. The number of benzene rings is 1. The maximum absolute atomic E-state index is 11.9. The molecule has 0 spiro atoms. The first-order valence-electron chi connectivity index (χ1n) is 5.78. The number of nitrogens with zero attached hydrogens (tertiary/aromatic N) is 1. The summed E-state index contributed by atoms with van der Waals surface area (Å²) in [6, 6.07) is 9.68. The summed E-state index contributed by atoms with van der Waals surface area (Å²) in [4.78, 5) is 16.1. The maximum atomic E-state index is 11.9. The fourth-order valence-corrected chi connectivity index (χ4v) is 2.93. The van der Waals surface area contributed by atoms with Crippen LogP contribution in [0.2, 0.25) is 0 Å². The number of carbonyl (C=O) groups excluding carboxylic acids is 1. The minimum Gasteiger partial charge on any atom is -0.461 e. The van der Waals surface area contributed by atoms with Crippen LogP contribution in [0.5, 0.6) is 0 Å². The third-order valence-electron chi connectivity index (χ3n) is 2.28. The van der Waals surface area contributed by atoms with Crippen molar-refractivity contribution in [3.05, 3.63) is 36.0 Å². The number of esters is 1. The Bertz CT molecular complexity index is 555. The van der Waals surface area contributed by atoms with Crippen LogP contribution in [0.25, 0.3) is 0 Å². The second-order valence-electron chi connectivity index (χ2n) is 3.57. The van der Waals surface area contributed by atoms with E-state index < -0.39 is 5.97 Å². The molecular weight excluding hydrogens is 280 g/mol. The Morgan fingerprint density at radius 3 is 2.79 bits per heavy atom. The number of ether oxygens (including phenoxy) is 1. The molecule has 2 aromatic rings. The Balaban J connectivity index is 2.28. The Labute approximate surface area is 120 Å². The largest absolute Gasteiger partial charge is 0.461 e. The molecular formula is C13H14N2O2S2. The van der Waals surface area contributed by atoms with Crippen LogP contribution in [0.3, 0.4) is 0 Å². The van der Waals surface area contributed by atoms with Crippen LogP contribution in [0.1, 0.15) is 17.4 Å². The van der Waals surface area contributed by atoms with Crippen molar-refractivity contribution in [3.8, 4) is 0 Å². The molecule has 0 radical (unpaired) electrons. The highest BCUT2D eigenvalue weighted by molar-refractivity contribution is 8.00. The molecule has 4 nitrogen and oxygen atoms in total. The molecule has 0 saturated carbocycles. The lowest BCUT2D eigenvalue weighted by Gasteiger charge is -2.05. The summed E-state index contributed by atoms with van der Waals surface area (Å²) in [5.74, 6) is -0.391. The highest BCUT2D eigenvalue weighted by atomic mass is 32.2. The van der Waals surface area contributed by atoms with Gasteiger partial charge in [0.25, 0.3) is 0 Å². The number of aromatic nitrogens is 1. The van der Waals surface area contributed by atoms with Gasteiger partial charge < -0.3 is 10.1 Å². The van der Waals surface area contributed by atoms with Crippen LogP contribution in [-0.2, 0) is 4.74 Å². The zero-order valence-corrected chi connectivity index (χ0v) is 12.3. The molecule has 19 heavy (non-hydrogen) atoms. The second kappa shape index (κ2) is 6.58. The molecule has 0 aliphatic heterocycles. The Morgan fingerprint density at radius 1 is 1.42 bits per heavy atom. The van der Waals surface area contributed by atoms with Crippen LogP contribution in [0, 0.1) is 0 Å². The molecule has 0 saturated heterocycles. The van der Waals surface area contributed by atoms with Gasteiger partial charge >= 0.3 is 5.97 Å². The van der Waals surface area contributed by atoms with Crippen LogP contribution < -0.4 is 5.32 Å². The topological polar surface area (TPSA) is 51.2 Å². The van der Waals surface area contributed by atoms with Crippen molar-refractivity contribution in [1.29, 1.82) is 0 Å². The molecule has 6 heteroatoms. The Morgan fingerprint density at radius 2 is 2.16 bits per heavy atom. The number of carbonyl (C=O) groups is 1. The minimum absolute atomic E-state index is 0.343. The Hall–Kier alpha value is -1.53. The molecule has 1 N–H and O–H groups in total. The number of hydrogen-bond donors (Lipinski definition) is 1. The Kier molecular flexibility index (Phi) is 4.81. The summed E-state index contributed by atoms with van der Waals surface area (Å²) in [5, 5.41) is 3.93. The zero-order chi connectivity index (χ0) is 13.7. The van der Waals surface area contributed by atoms with Crippen LogP contribution in [0.15, 0.2) is 34.7 Å². The van der Waals surface area contributed by atoms with Crippen LogP contribution in [0.4, 0.5) is 10.7 Å². The summed E-state index contributed by atoms with van der Waals surface area (Å²) in [5.41, 5.74) is 1.27. The van der Waals surface area contributed by atoms with Crippen molar-refractivity contribution >= 4 is 39.8 Å². The number of nitrogens with one attached hydrogen (secondary N) is 1. The van der Waals surface area contributed by atoms with Crippen LogP contribution in [-0.4, -0.2) is 23.8 Å². The van der Waals surface area contributed by atoms with Crippen molar-refractivity contribution in [2.45, 2.75) is 11.3 Å². The number of para-hydroxylation sites is 1. The standard InChI is InChI=1S/C13H14N2O2S2/c1-3-17-12(16)10-11(19-13(15-10)18-2)14-9-7-5-4-6-8-9/h4-8,14H,3H2,1-2H3. The molecule has 0 unspecified atom stereocenters. The molecule has 0 fully saturated rings. The second-order valence-corrected chi connectivity index (χ2v) is 5.63. The lowest BCUT2D eigenvalue weighted by Crippen LogP contribution is -2.07. The highest BCUT2D eigenvalue weighted by Gasteiger charge is 2.19. The molecule has 2 rings (SSSR count). The molecule has 0 aliphatic rings. The fraction of sp³-hybridized carbons (Fsp3) is 0.231. The van der Waals surface area contributed by atoms with E-state index in [1.807, 2.05) is 36.6 Å². The van der Waals surface area contributed by atoms with Crippen molar-refractivity contribution in [1.82, 2.24) is 4.98 Å². The van der Waals surface area contributed by atoms with Crippen molar-refractivity contribution in [2.75, 3.05) is 18.2 Å². The summed E-state index contributed by atoms with van der Waals surface area (Å²) in [6.45, 7) is 2.12. The van der Waals surface area contributed by atoms with E-state index in [4.69, 9.17) is 4.74 Å². The summed E-state index contributed by atoms with van der Waals surface area (Å²) >= 11 is 2.96. The van der Waals surface area contributed by atoms with E-state index in [9.17, 15) is 4.79 Å². The van der Waals surface area contributed by atoms with E-state index in [0.717, 1.165) is 10.0 Å². The first-order valence-corrected chi connectivity index (χ1v) is 7.82. The molecule has 100 valence electrons. The molecule has 1 aromatic carbocycles. The van der Waals surface area contributed by atoms with Gasteiger partial charge in [0, 0.05) is 5.69 Å². The normalized spacial score (nSPS) is 10.2. The summed E-state index contributed by atoms with van der Waals surface area (Å²) < 4.78 is 5.85. The van der Waals surface area contributed by atoms with Crippen molar-refractivity contribution in [2.24, 2.45) is 0 Å². The average molecular weight is 294 g/mol. The molecule has 0 aliphatic carbocycles. The molecule has 0 bridgehead atoms. The molecule has 1 heterocycles. The monoisotopic (exact) mass is 294 g/mol. The lowest BCUT2D eigenvalue weighted by atomic mass is 10.3. The number of thioether (sulfide) groups is 1. The van der Waals surface area contributed by atoms with E-state index in [-0.39, 0.29) is 0 Å². The van der Waals surface area contributed by atoms with Gasteiger partial charge in [0.15, 0.2) is 10.0 Å². The minimum atomic E-state index is -0.391. The van der Waals surface area contributed by atoms with Gasteiger partial charge in [0.05, 0.1) is 6.61 Å². The van der Waals surface area contributed by atoms with E-state index >= 15 is 0 Å². The summed E-state index contributed by atoms with van der Waals surface area (Å²) in [7, 11) is 0. The van der Waals surface area contributed by atoms with Gasteiger partial charge in [-0.3, -0.25) is 0 Å². The van der Waals surface area contributed by atoms with E-state index in [2.05, 4.69) is 10.3 Å². The lowest BCUT2D eigenvalue weighted by molar-refractivity contribution is 0.0521. The van der Waals surface area contributed by atoms with Gasteiger partial charge in [-0.15, -0.1) is 0 Å². The van der Waals surface area contributed by atoms with Gasteiger partial charge in [0.2, 0.25) is 0 Å². The molecule has 0 amide bonds. The van der Waals surface area contributed by atoms with Crippen LogP contribution >= 0.6 is 23.1 Å².